The van der Waals surface area contributed by atoms with Crippen molar-refractivity contribution in [2.75, 3.05) is 6.54 Å². The van der Waals surface area contributed by atoms with Gasteiger partial charge in [-0.3, -0.25) is 4.90 Å². The highest BCUT2D eigenvalue weighted by Crippen LogP contribution is 2.40. The van der Waals surface area contributed by atoms with Crippen LogP contribution < -0.4 is 0 Å². The van der Waals surface area contributed by atoms with Crippen molar-refractivity contribution in [3.63, 3.8) is 0 Å². The minimum atomic E-state index is 0.186. The van der Waals surface area contributed by atoms with E-state index >= 15 is 0 Å². The van der Waals surface area contributed by atoms with Crippen molar-refractivity contribution in [1.82, 2.24) is 9.88 Å². The van der Waals surface area contributed by atoms with E-state index in [-0.39, 0.29) is 4.75 Å². The summed E-state index contributed by atoms with van der Waals surface area (Å²) >= 11 is 1.88. The second-order valence-corrected chi connectivity index (χ2v) is 9.04. The van der Waals surface area contributed by atoms with Crippen LogP contribution in [0.3, 0.4) is 0 Å². The second-order valence-electron chi connectivity index (χ2n) is 7.23. The van der Waals surface area contributed by atoms with Crippen LogP contribution in [0.25, 0.3) is 0 Å². The highest BCUT2D eigenvalue weighted by atomic mass is 32.2. The van der Waals surface area contributed by atoms with Crippen molar-refractivity contribution in [2.45, 2.75) is 56.0 Å². The Morgan fingerprint density at radius 1 is 1.13 bits per heavy atom. The minimum Gasteiger partial charge on any atom is -0.292 e. The van der Waals surface area contributed by atoms with Gasteiger partial charge >= 0.3 is 0 Å². The molecule has 1 aromatic heterocycles. The molecule has 0 radical (unpaired) electrons. The van der Waals surface area contributed by atoms with Gasteiger partial charge in [-0.15, -0.1) is 11.8 Å². The third-order valence-corrected chi connectivity index (χ3v) is 5.30. The molecule has 0 amide bonds. The maximum Gasteiger partial charge on any atom is 0.101 e. The molecular weight excluding hydrogens is 300 g/mol. The van der Waals surface area contributed by atoms with Gasteiger partial charge in [-0.05, 0) is 31.0 Å². The van der Waals surface area contributed by atoms with Crippen LogP contribution in [0.4, 0.5) is 0 Å². The van der Waals surface area contributed by atoms with E-state index in [9.17, 15) is 0 Å². The molecule has 1 atom stereocenters. The molecule has 1 saturated heterocycles. The summed E-state index contributed by atoms with van der Waals surface area (Å²) in [6, 6.07) is 15.7. The summed E-state index contributed by atoms with van der Waals surface area (Å²) in [4.78, 5) is 7.30. The Morgan fingerprint density at radius 3 is 2.65 bits per heavy atom. The number of aromatic nitrogens is 1. The van der Waals surface area contributed by atoms with E-state index in [1.807, 2.05) is 18.0 Å². The van der Waals surface area contributed by atoms with Crippen LogP contribution in [0.15, 0.2) is 53.7 Å². The Labute approximate surface area is 144 Å². The lowest BCUT2D eigenvalue weighted by Gasteiger charge is -2.27. The van der Waals surface area contributed by atoms with E-state index in [4.69, 9.17) is 0 Å². The Bertz CT molecular complexity index is 634. The molecule has 3 rings (SSSR count). The van der Waals surface area contributed by atoms with Gasteiger partial charge in [-0.25, -0.2) is 4.98 Å². The predicted molar refractivity (Wildman–Crippen MR) is 98.7 cm³/mol. The van der Waals surface area contributed by atoms with Crippen molar-refractivity contribution in [3.05, 3.63) is 59.8 Å². The standard InChI is InChI=1S/C20H26N2S/c1-20(2,3)23-19-17(11-7-13-21-19)18-12-8-14-22(18)15-16-9-5-4-6-10-16/h4-7,9-11,13,18H,8,12,14-15H2,1-3H3. The zero-order valence-electron chi connectivity index (χ0n) is 14.3. The summed E-state index contributed by atoms with van der Waals surface area (Å²) in [5.41, 5.74) is 2.80. The number of rotatable bonds is 4. The highest BCUT2D eigenvalue weighted by Gasteiger charge is 2.29. The molecule has 23 heavy (non-hydrogen) atoms. The average Bonchev–Trinajstić information content (AvgIpc) is 2.95. The molecule has 1 aliphatic rings. The molecule has 1 unspecified atom stereocenters. The molecule has 2 heterocycles. The minimum absolute atomic E-state index is 0.186. The van der Waals surface area contributed by atoms with E-state index in [2.05, 4.69) is 73.1 Å². The van der Waals surface area contributed by atoms with Gasteiger partial charge in [0.25, 0.3) is 0 Å². The zero-order chi connectivity index (χ0) is 16.3. The summed E-state index contributed by atoms with van der Waals surface area (Å²) in [7, 11) is 0. The Morgan fingerprint density at radius 2 is 1.91 bits per heavy atom. The van der Waals surface area contributed by atoms with Crippen LogP contribution in [0.2, 0.25) is 0 Å². The Hall–Kier alpha value is -1.32. The number of nitrogens with zero attached hydrogens (tertiary/aromatic N) is 2. The smallest absolute Gasteiger partial charge is 0.101 e. The molecule has 0 N–H and O–H groups in total. The molecular formula is C20H26N2S. The lowest BCUT2D eigenvalue weighted by atomic mass is 10.1. The van der Waals surface area contributed by atoms with Gasteiger partial charge in [0.05, 0.1) is 0 Å². The van der Waals surface area contributed by atoms with Gasteiger partial charge in [-0.2, -0.15) is 0 Å². The number of likely N-dealkylation sites (tertiary alicyclic amines) is 1. The van der Waals surface area contributed by atoms with Crippen LogP contribution in [-0.4, -0.2) is 21.2 Å². The van der Waals surface area contributed by atoms with E-state index in [1.165, 1.54) is 35.5 Å². The third kappa shape index (κ3) is 4.36. The Balaban J connectivity index is 1.83. The van der Waals surface area contributed by atoms with Crippen molar-refractivity contribution in [2.24, 2.45) is 0 Å². The highest BCUT2D eigenvalue weighted by molar-refractivity contribution is 8.00. The topological polar surface area (TPSA) is 16.1 Å². The first-order chi connectivity index (χ1) is 11.0. The number of thioether (sulfide) groups is 1. The van der Waals surface area contributed by atoms with E-state index in [0.29, 0.717) is 6.04 Å². The first-order valence-electron chi connectivity index (χ1n) is 8.45. The van der Waals surface area contributed by atoms with E-state index in [0.717, 1.165) is 6.54 Å². The number of benzene rings is 1. The van der Waals surface area contributed by atoms with Crippen molar-refractivity contribution in [1.29, 1.82) is 0 Å². The summed E-state index contributed by atoms with van der Waals surface area (Å²) in [6.45, 7) is 8.97. The number of pyridine rings is 1. The fourth-order valence-electron chi connectivity index (χ4n) is 3.22. The molecule has 0 spiro atoms. The normalized spacial score (nSPS) is 19.2. The molecule has 0 bridgehead atoms. The molecule has 2 aromatic rings. The monoisotopic (exact) mass is 326 g/mol. The largest absolute Gasteiger partial charge is 0.292 e. The van der Waals surface area contributed by atoms with Gasteiger partial charge < -0.3 is 0 Å². The third-order valence-electron chi connectivity index (χ3n) is 4.15. The zero-order valence-corrected chi connectivity index (χ0v) is 15.1. The molecule has 1 fully saturated rings. The molecule has 3 heteroatoms. The van der Waals surface area contributed by atoms with Crippen LogP contribution in [0, 0.1) is 0 Å². The van der Waals surface area contributed by atoms with E-state index < -0.39 is 0 Å². The maximum absolute atomic E-state index is 4.69. The van der Waals surface area contributed by atoms with Gasteiger partial charge in [0, 0.05) is 29.1 Å². The lowest BCUT2D eigenvalue weighted by molar-refractivity contribution is 0.245. The molecule has 122 valence electrons. The van der Waals surface area contributed by atoms with Crippen molar-refractivity contribution >= 4 is 11.8 Å². The summed E-state index contributed by atoms with van der Waals surface area (Å²) in [5.74, 6) is 0. The fourth-order valence-corrected chi connectivity index (χ4v) is 4.23. The average molecular weight is 327 g/mol. The van der Waals surface area contributed by atoms with E-state index in [1.54, 1.807) is 0 Å². The quantitative estimate of drug-likeness (QED) is 0.708. The summed E-state index contributed by atoms with van der Waals surface area (Å²) < 4.78 is 0.186. The van der Waals surface area contributed by atoms with Crippen LogP contribution in [-0.2, 0) is 6.54 Å². The predicted octanol–water partition coefficient (Wildman–Crippen LogP) is 5.31. The SMILES string of the molecule is CC(C)(C)Sc1ncccc1C1CCCN1Cc1ccccc1. The molecule has 0 aliphatic carbocycles. The molecule has 2 nitrogen and oxygen atoms in total. The molecule has 1 aliphatic heterocycles. The first kappa shape index (κ1) is 16.5. The van der Waals surface area contributed by atoms with Crippen molar-refractivity contribution < 1.29 is 0 Å². The molecule has 1 aromatic carbocycles. The Kier molecular flexibility index (Phi) is 5.08. The maximum atomic E-state index is 4.69. The second kappa shape index (κ2) is 7.06. The lowest BCUT2D eigenvalue weighted by Crippen LogP contribution is -2.23. The van der Waals surface area contributed by atoms with Crippen LogP contribution in [0.5, 0.6) is 0 Å². The summed E-state index contributed by atoms with van der Waals surface area (Å²) in [6.07, 6.45) is 4.43. The number of hydrogen-bond acceptors (Lipinski definition) is 3. The van der Waals surface area contributed by atoms with Crippen molar-refractivity contribution in [3.8, 4) is 0 Å². The van der Waals surface area contributed by atoms with Gasteiger partial charge in [0.15, 0.2) is 0 Å². The first-order valence-corrected chi connectivity index (χ1v) is 9.26. The summed E-state index contributed by atoms with van der Waals surface area (Å²) in [5, 5.41) is 1.20. The fraction of sp³-hybridized carbons (Fsp3) is 0.450. The van der Waals surface area contributed by atoms with Gasteiger partial charge in [-0.1, -0.05) is 57.2 Å². The molecule has 0 saturated carbocycles. The van der Waals surface area contributed by atoms with Crippen LogP contribution >= 0.6 is 11.8 Å². The van der Waals surface area contributed by atoms with Gasteiger partial charge in [0.1, 0.15) is 5.03 Å². The van der Waals surface area contributed by atoms with Gasteiger partial charge in [0.2, 0.25) is 0 Å². The number of hydrogen-bond donors (Lipinski definition) is 0. The van der Waals surface area contributed by atoms with Crippen LogP contribution in [0.1, 0.15) is 50.8 Å².